The Morgan fingerprint density at radius 1 is 0.422 bits per heavy atom. The standard InChI is InChI=1S/C41H25N3O/c1-3-11-37-33(10-1)39-34(20-19-32-31-9-2-4-14-38(31)45-41(32)39)40(44-37)30-8-5-7-29(25-30)26-15-17-27(18-16-26)35-12-6-13-36(43-35)28-21-23-42-24-22-28/h1-25H. The molecular formula is C41H25N3O. The van der Waals surface area contributed by atoms with Crippen LogP contribution in [0, 0.1) is 0 Å². The number of furan rings is 1. The molecule has 0 N–H and O–H groups in total. The Kier molecular flexibility index (Phi) is 5.78. The molecule has 5 aromatic carbocycles. The van der Waals surface area contributed by atoms with Crippen LogP contribution in [0.5, 0.6) is 0 Å². The SMILES string of the molecule is c1cc(-c2ccc(-c3cccc(-c4ccncc4)n3)cc2)cc(-c2nc3ccccc3c3c2ccc2c4ccccc4oc23)c1. The Morgan fingerprint density at radius 2 is 1.09 bits per heavy atom. The number of aromatic nitrogens is 3. The summed E-state index contributed by atoms with van der Waals surface area (Å²) in [6, 6.07) is 48.3. The van der Waals surface area contributed by atoms with Crippen LogP contribution in [-0.4, -0.2) is 15.0 Å². The van der Waals surface area contributed by atoms with Gasteiger partial charge in [-0.05, 0) is 59.7 Å². The first-order chi connectivity index (χ1) is 22.3. The normalized spacial score (nSPS) is 11.6. The van der Waals surface area contributed by atoms with Gasteiger partial charge < -0.3 is 4.42 Å². The molecule has 210 valence electrons. The molecule has 0 aliphatic carbocycles. The molecular weight excluding hydrogens is 550 g/mol. The van der Waals surface area contributed by atoms with Crippen molar-refractivity contribution in [3.8, 4) is 44.9 Å². The molecule has 4 nitrogen and oxygen atoms in total. The van der Waals surface area contributed by atoms with E-state index in [-0.39, 0.29) is 0 Å². The van der Waals surface area contributed by atoms with Crippen LogP contribution < -0.4 is 0 Å². The molecule has 0 spiro atoms. The zero-order chi connectivity index (χ0) is 29.7. The minimum absolute atomic E-state index is 0.896. The Morgan fingerprint density at radius 3 is 1.93 bits per heavy atom. The quantitative estimate of drug-likeness (QED) is 0.196. The van der Waals surface area contributed by atoms with E-state index in [2.05, 4.69) is 108 Å². The summed E-state index contributed by atoms with van der Waals surface area (Å²) in [5.41, 5.74) is 11.0. The van der Waals surface area contributed by atoms with Gasteiger partial charge >= 0.3 is 0 Å². The average molecular weight is 576 g/mol. The Balaban J connectivity index is 1.15. The number of para-hydroxylation sites is 2. The van der Waals surface area contributed by atoms with Crippen molar-refractivity contribution in [3.05, 3.63) is 152 Å². The molecule has 0 radical (unpaired) electrons. The highest BCUT2D eigenvalue weighted by atomic mass is 16.3. The first-order valence-corrected chi connectivity index (χ1v) is 15.0. The highest BCUT2D eigenvalue weighted by molar-refractivity contribution is 6.24. The molecule has 0 atom stereocenters. The number of benzene rings is 5. The van der Waals surface area contributed by atoms with Crippen molar-refractivity contribution in [1.29, 1.82) is 0 Å². The van der Waals surface area contributed by atoms with Crippen molar-refractivity contribution < 1.29 is 4.42 Å². The molecule has 0 aliphatic heterocycles. The van der Waals surface area contributed by atoms with Gasteiger partial charge in [0, 0.05) is 56.0 Å². The smallest absolute Gasteiger partial charge is 0.144 e. The van der Waals surface area contributed by atoms with Crippen LogP contribution in [0.2, 0.25) is 0 Å². The number of nitrogens with zero attached hydrogens (tertiary/aromatic N) is 3. The van der Waals surface area contributed by atoms with Crippen molar-refractivity contribution >= 4 is 43.6 Å². The number of pyridine rings is 3. The lowest BCUT2D eigenvalue weighted by atomic mass is 9.95. The van der Waals surface area contributed by atoms with E-state index in [4.69, 9.17) is 14.4 Å². The van der Waals surface area contributed by atoms with Crippen LogP contribution in [0.15, 0.2) is 156 Å². The maximum Gasteiger partial charge on any atom is 0.144 e. The number of hydrogen-bond acceptors (Lipinski definition) is 4. The average Bonchev–Trinajstić information content (AvgIpc) is 3.51. The molecule has 4 aromatic heterocycles. The van der Waals surface area contributed by atoms with Crippen molar-refractivity contribution in [2.45, 2.75) is 0 Å². The van der Waals surface area contributed by atoms with E-state index in [9.17, 15) is 0 Å². The number of hydrogen-bond donors (Lipinski definition) is 0. The fraction of sp³-hybridized carbons (Fsp3) is 0. The summed E-state index contributed by atoms with van der Waals surface area (Å²) in [6.45, 7) is 0. The topological polar surface area (TPSA) is 51.8 Å². The fourth-order valence-electron chi connectivity index (χ4n) is 6.40. The molecule has 45 heavy (non-hydrogen) atoms. The number of rotatable bonds is 4. The third kappa shape index (κ3) is 4.27. The van der Waals surface area contributed by atoms with E-state index in [0.717, 1.165) is 88.5 Å². The third-order valence-electron chi connectivity index (χ3n) is 8.58. The van der Waals surface area contributed by atoms with Crippen molar-refractivity contribution in [3.63, 3.8) is 0 Å². The fourth-order valence-corrected chi connectivity index (χ4v) is 6.40. The van der Waals surface area contributed by atoms with Crippen LogP contribution in [0.1, 0.15) is 0 Å². The van der Waals surface area contributed by atoms with Crippen LogP contribution in [0.3, 0.4) is 0 Å². The lowest BCUT2D eigenvalue weighted by Crippen LogP contribution is -1.91. The van der Waals surface area contributed by atoms with Crippen molar-refractivity contribution in [2.75, 3.05) is 0 Å². The van der Waals surface area contributed by atoms with Gasteiger partial charge in [-0.25, -0.2) is 9.97 Å². The van der Waals surface area contributed by atoms with Crippen LogP contribution in [0.4, 0.5) is 0 Å². The summed E-state index contributed by atoms with van der Waals surface area (Å²) >= 11 is 0. The Bertz CT molecular complexity index is 2530. The van der Waals surface area contributed by atoms with Gasteiger partial charge in [-0.1, -0.05) is 91.0 Å². The van der Waals surface area contributed by atoms with Crippen LogP contribution in [0.25, 0.3) is 88.5 Å². The van der Waals surface area contributed by atoms with Crippen molar-refractivity contribution in [1.82, 2.24) is 15.0 Å². The molecule has 0 saturated heterocycles. The minimum atomic E-state index is 0.896. The summed E-state index contributed by atoms with van der Waals surface area (Å²) in [5, 5.41) is 5.51. The molecule has 9 aromatic rings. The Labute approximate surface area is 259 Å². The molecule has 0 bridgehead atoms. The lowest BCUT2D eigenvalue weighted by Gasteiger charge is -2.12. The van der Waals surface area contributed by atoms with Gasteiger partial charge in [-0.15, -0.1) is 0 Å². The van der Waals surface area contributed by atoms with Gasteiger partial charge in [-0.3, -0.25) is 4.98 Å². The van der Waals surface area contributed by atoms with E-state index >= 15 is 0 Å². The predicted molar refractivity (Wildman–Crippen MR) is 184 cm³/mol. The maximum atomic E-state index is 6.50. The molecule has 0 fully saturated rings. The molecule has 4 heteroatoms. The highest BCUT2D eigenvalue weighted by Crippen LogP contribution is 2.41. The summed E-state index contributed by atoms with van der Waals surface area (Å²) in [6.07, 6.45) is 3.59. The van der Waals surface area contributed by atoms with Crippen LogP contribution >= 0.6 is 0 Å². The molecule has 0 aliphatic rings. The van der Waals surface area contributed by atoms with E-state index in [1.165, 1.54) is 0 Å². The maximum absolute atomic E-state index is 6.50. The van der Waals surface area contributed by atoms with Gasteiger partial charge in [0.1, 0.15) is 11.2 Å². The number of fused-ring (bicyclic) bond motifs is 7. The van der Waals surface area contributed by atoms with E-state index in [1.54, 1.807) is 12.4 Å². The summed E-state index contributed by atoms with van der Waals surface area (Å²) in [4.78, 5) is 14.2. The monoisotopic (exact) mass is 575 g/mol. The van der Waals surface area contributed by atoms with Gasteiger partial charge in [0.2, 0.25) is 0 Å². The Hall–Kier alpha value is -6.13. The molecule has 0 saturated carbocycles. The molecule has 0 unspecified atom stereocenters. The zero-order valence-electron chi connectivity index (χ0n) is 24.2. The first-order valence-electron chi connectivity index (χ1n) is 15.0. The predicted octanol–water partition coefficient (Wildman–Crippen LogP) is 10.7. The molecule has 4 heterocycles. The highest BCUT2D eigenvalue weighted by Gasteiger charge is 2.17. The first kappa shape index (κ1) is 25.4. The zero-order valence-corrected chi connectivity index (χ0v) is 24.2. The van der Waals surface area contributed by atoms with Crippen LogP contribution in [-0.2, 0) is 0 Å². The van der Waals surface area contributed by atoms with Gasteiger partial charge in [0.15, 0.2) is 0 Å². The molecule has 0 amide bonds. The molecule has 9 rings (SSSR count). The van der Waals surface area contributed by atoms with Gasteiger partial charge in [0.05, 0.1) is 22.6 Å². The summed E-state index contributed by atoms with van der Waals surface area (Å²) in [7, 11) is 0. The second-order valence-corrected chi connectivity index (χ2v) is 11.2. The second kappa shape index (κ2) is 10.2. The summed E-state index contributed by atoms with van der Waals surface area (Å²) in [5.74, 6) is 0. The third-order valence-corrected chi connectivity index (χ3v) is 8.58. The van der Waals surface area contributed by atoms with E-state index in [1.807, 2.05) is 36.4 Å². The minimum Gasteiger partial charge on any atom is -0.455 e. The van der Waals surface area contributed by atoms with E-state index < -0.39 is 0 Å². The largest absolute Gasteiger partial charge is 0.455 e. The summed E-state index contributed by atoms with van der Waals surface area (Å²) < 4.78 is 6.50. The van der Waals surface area contributed by atoms with E-state index in [0.29, 0.717) is 0 Å². The second-order valence-electron chi connectivity index (χ2n) is 11.2. The van der Waals surface area contributed by atoms with Gasteiger partial charge in [0.25, 0.3) is 0 Å². The van der Waals surface area contributed by atoms with Crippen molar-refractivity contribution in [2.24, 2.45) is 0 Å². The van der Waals surface area contributed by atoms with Gasteiger partial charge in [-0.2, -0.15) is 0 Å². The lowest BCUT2D eigenvalue weighted by molar-refractivity contribution is 0.673.